The minimum Gasteiger partial charge on any atom is -0.349 e. The Morgan fingerprint density at radius 3 is 2.23 bits per heavy atom. The van der Waals surface area contributed by atoms with Crippen LogP contribution in [0.3, 0.4) is 0 Å². The molecule has 1 saturated carbocycles. The van der Waals surface area contributed by atoms with Crippen molar-refractivity contribution in [3.05, 3.63) is 34.9 Å². The van der Waals surface area contributed by atoms with Crippen LogP contribution in [0.1, 0.15) is 89.9 Å². The van der Waals surface area contributed by atoms with Gasteiger partial charge in [0.2, 0.25) is 5.91 Å². The molecule has 4 amide bonds. The van der Waals surface area contributed by atoms with E-state index in [1.54, 1.807) is 26.0 Å². The Kier molecular flexibility index (Phi) is 6.12. The molecular weight excluding hydrogens is 394 g/mol. The summed E-state index contributed by atoms with van der Waals surface area (Å²) in [5.41, 5.74) is 1.02. The van der Waals surface area contributed by atoms with Crippen LogP contribution < -0.4 is 5.32 Å². The van der Waals surface area contributed by atoms with Crippen molar-refractivity contribution in [3.8, 4) is 0 Å². The minimum atomic E-state index is -0.348. The third-order valence-corrected chi connectivity index (χ3v) is 6.79. The van der Waals surface area contributed by atoms with Gasteiger partial charge in [0.05, 0.1) is 11.1 Å². The summed E-state index contributed by atoms with van der Waals surface area (Å²) in [7, 11) is 0. The van der Waals surface area contributed by atoms with Gasteiger partial charge in [-0.2, -0.15) is 0 Å². The number of nitrogens with zero attached hydrogens (tertiary/aromatic N) is 2. The Hall–Kier alpha value is -2.70. The van der Waals surface area contributed by atoms with Crippen LogP contribution in [0.15, 0.2) is 18.2 Å². The highest BCUT2D eigenvalue weighted by Crippen LogP contribution is 2.28. The number of imide groups is 1. The summed E-state index contributed by atoms with van der Waals surface area (Å²) >= 11 is 0. The molecule has 0 atom stereocenters. The maximum absolute atomic E-state index is 12.8. The van der Waals surface area contributed by atoms with Crippen molar-refractivity contribution in [2.45, 2.75) is 70.9 Å². The molecule has 1 aromatic carbocycles. The number of carbonyl (C=O) groups is 4. The Morgan fingerprint density at radius 1 is 0.935 bits per heavy atom. The molecule has 4 rings (SSSR count). The van der Waals surface area contributed by atoms with Gasteiger partial charge in [-0.15, -0.1) is 0 Å². The number of benzene rings is 1. The lowest BCUT2D eigenvalue weighted by Gasteiger charge is -2.35. The average Bonchev–Trinajstić information content (AvgIpc) is 3.04. The number of hydrogen-bond acceptors (Lipinski definition) is 4. The van der Waals surface area contributed by atoms with Crippen molar-refractivity contribution in [1.29, 1.82) is 0 Å². The second-order valence-corrected chi connectivity index (χ2v) is 9.24. The second-order valence-electron chi connectivity index (χ2n) is 9.24. The zero-order chi connectivity index (χ0) is 22.1. The standard InChI is InChI=1S/C24H31N3O4/c1-15(2)27-23(30)19-9-8-17(14-20(19)24(27)31)21(28)25-18-10-12-26(13-11-18)22(29)16-6-4-3-5-7-16/h8-9,14-16,18H,3-7,10-13H2,1-2H3,(H,25,28). The van der Waals surface area contributed by atoms with E-state index in [9.17, 15) is 19.2 Å². The number of carbonyl (C=O) groups excluding carboxylic acids is 4. The zero-order valence-corrected chi connectivity index (χ0v) is 18.4. The Labute approximate surface area is 183 Å². The van der Waals surface area contributed by atoms with Crippen molar-refractivity contribution in [2.24, 2.45) is 5.92 Å². The van der Waals surface area contributed by atoms with Crippen LogP contribution in [0.4, 0.5) is 0 Å². The van der Waals surface area contributed by atoms with E-state index >= 15 is 0 Å². The minimum absolute atomic E-state index is 0.000608. The van der Waals surface area contributed by atoms with Crippen molar-refractivity contribution in [3.63, 3.8) is 0 Å². The number of likely N-dealkylation sites (tertiary alicyclic amines) is 1. The van der Waals surface area contributed by atoms with E-state index in [1.807, 2.05) is 4.90 Å². The smallest absolute Gasteiger partial charge is 0.261 e. The molecule has 0 spiro atoms. The van der Waals surface area contributed by atoms with E-state index in [2.05, 4.69) is 5.32 Å². The molecule has 2 heterocycles. The van der Waals surface area contributed by atoms with E-state index in [0.717, 1.165) is 38.5 Å². The second kappa shape index (κ2) is 8.81. The summed E-state index contributed by atoms with van der Waals surface area (Å²) in [6.07, 6.45) is 6.99. The highest BCUT2D eigenvalue weighted by Gasteiger charge is 2.37. The first-order chi connectivity index (χ1) is 14.9. The van der Waals surface area contributed by atoms with E-state index < -0.39 is 0 Å². The van der Waals surface area contributed by atoms with Gasteiger partial charge in [0.1, 0.15) is 0 Å². The largest absolute Gasteiger partial charge is 0.349 e. The maximum Gasteiger partial charge on any atom is 0.261 e. The SMILES string of the molecule is CC(C)N1C(=O)c2ccc(C(=O)NC3CCN(C(=O)C4CCCCC4)CC3)cc2C1=O. The average molecular weight is 426 g/mol. The zero-order valence-electron chi connectivity index (χ0n) is 18.4. The molecule has 1 saturated heterocycles. The molecule has 0 bridgehead atoms. The monoisotopic (exact) mass is 425 g/mol. The lowest BCUT2D eigenvalue weighted by molar-refractivity contribution is -0.137. The Bertz CT molecular complexity index is 896. The summed E-state index contributed by atoms with van der Waals surface area (Å²) in [6.45, 7) is 4.92. The van der Waals surface area contributed by atoms with Crippen LogP contribution in [-0.2, 0) is 4.79 Å². The van der Waals surface area contributed by atoms with Gasteiger partial charge in [-0.05, 0) is 57.7 Å². The third-order valence-electron chi connectivity index (χ3n) is 6.79. The number of piperidine rings is 1. The van der Waals surface area contributed by atoms with Crippen LogP contribution in [0.5, 0.6) is 0 Å². The molecule has 1 aliphatic carbocycles. The molecule has 31 heavy (non-hydrogen) atoms. The fourth-order valence-electron chi connectivity index (χ4n) is 4.99. The summed E-state index contributed by atoms with van der Waals surface area (Å²) in [6, 6.07) is 4.46. The maximum atomic E-state index is 12.8. The van der Waals surface area contributed by atoms with E-state index in [4.69, 9.17) is 0 Å². The van der Waals surface area contributed by atoms with Crippen LogP contribution in [0, 0.1) is 5.92 Å². The molecule has 3 aliphatic rings. The first kappa shape index (κ1) is 21.5. The molecule has 166 valence electrons. The molecule has 0 radical (unpaired) electrons. The lowest BCUT2D eigenvalue weighted by Crippen LogP contribution is -2.48. The summed E-state index contributed by atoms with van der Waals surface area (Å²) in [4.78, 5) is 53.7. The normalized spacial score (nSPS) is 20.4. The molecule has 7 heteroatoms. The van der Waals surface area contributed by atoms with Crippen LogP contribution in [0.2, 0.25) is 0 Å². The van der Waals surface area contributed by atoms with Gasteiger partial charge in [0.25, 0.3) is 17.7 Å². The number of amides is 4. The van der Waals surface area contributed by atoms with Crippen molar-refractivity contribution in [1.82, 2.24) is 15.1 Å². The Morgan fingerprint density at radius 2 is 1.58 bits per heavy atom. The van der Waals surface area contributed by atoms with Gasteiger partial charge in [-0.25, -0.2) is 0 Å². The first-order valence-electron chi connectivity index (χ1n) is 11.5. The van der Waals surface area contributed by atoms with Gasteiger partial charge >= 0.3 is 0 Å². The van der Waals surface area contributed by atoms with Gasteiger partial charge in [0, 0.05) is 36.7 Å². The molecule has 7 nitrogen and oxygen atoms in total. The predicted octanol–water partition coefficient (Wildman–Crippen LogP) is 2.99. The topological polar surface area (TPSA) is 86.8 Å². The summed E-state index contributed by atoms with van der Waals surface area (Å²) in [5, 5.41) is 3.04. The highest BCUT2D eigenvalue weighted by atomic mass is 16.2. The molecular formula is C24H31N3O4. The first-order valence-corrected chi connectivity index (χ1v) is 11.5. The van der Waals surface area contributed by atoms with Crippen molar-refractivity contribution in [2.75, 3.05) is 13.1 Å². The molecule has 0 aromatic heterocycles. The van der Waals surface area contributed by atoms with Gasteiger partial charge in [0.15, 0.2) is 0 Å². The summed E-state index contributed by atoms with van der Waals surface area (Å²) < 4.78 is 0. The fourth-order valence-corrected chi connectivity index (χ4v) is 4.99. The van der Waals surface area contributed by atoms with Gasteiger partial charge in [-0.1, -0.05) is 19.3 Å². The van der Waals surface area contributed by atoms with Crippen LogP contribution in [0.25, 0.3) is 0 Å². The number of hydrogen-bond donors (Lipinski definition) is 1. The third kappa shape index (κ3) is 4.23. The molecule has 2 fully saturated rings. The summed E-state index contributed by atoms with van der Waals surface area (Å²) in [5.74, 6) is -0.447. The molecule has 1 aromatic rings. The van der Waals surface area contributed by atoms with Gasteiger partial charge < -0.3 is 10.2 Å². The van der Waals surface area contributed by atoms with E-state index in [-0.39, 0.29) is 41.6 Å². The van der Waals surface area contributed by atoms with Crippen molar-refractivity contribution >= 4 is 23.6 Å². The number of fused-ring (bicyclic) bond motifs is 1. The quantitative estimate of drug-likeness (QED) is 0.752. The van der Waals surface area contributed by atoms with Crippen molar-refractivity contribution < 1.29 is 19.2 Å². The van der Waals surface area contributed by atoms with Gasteiger partial charge in [-0.3, -0.25) is 24.1 Å². The number of nitrogens with one attached hydrogen (secondary N) is 1. The fraction of sp³-hybridized carbons (Fsp3) is 0.583. The lowest BCUT2D eigenvalue weighted by atomic mass is 9.87. The molecule has 0 unspecified atom stereocenters. The van der Waals surface area contributed by atoms with Crippen LogP contribution >= 0.6 is 0 Å². The molecule has 2 aliphatic heterocycles. The van der Waals surface area contributed by atoms with E-state index in [0.29, 0.717) is 29.8 Å². The van der Waals surface area contributed by atoms with Crippen LogP contribution in [-0.4, -0.2) is 58.6 Å². The van der Waals surface area contributed by atoms with E-state index in [1.165, 1.54) is 17.4 Å². The number of rotatable bonds is 4. The highest BCUT2D eigenvalue weighted by molar-refractivity contribution is 6.22. The Balaban J connectivity index is 1.34. The molecule has 1 N–H and O–H groups in total. The predicted molar refractivity (Wildman–Crippen MR) is 116 cm³/mol.